The average Bonchev–Trinajstić information content (AvgIpc) is 2.26. The van der Waals surface area contributed by atoms with Crippen LogP contribution in [0.15, 0.2) is 6.33 Å². The lowest BCUT2D eigenvalue weighted by atomic mass is 10.2. The molecular formula is C9H11ClN4O4S. The molecule has 1 aliphatic rings. The molecule has 1 atom stereocenters. The Bertz CT molecular complexity index is 606. The molecule has 1 saturated heterocycles. The van der Waals surface area contributed by atoms with Crippen LogP contribution in [0.5, 0.6) is 0 Å². The van der Waals surface area contributed by atoms with Crippen molar-refractivity contribution in [2.24, 2.45) is 0 Å². The second kappa shape index (κ2) is 5.25. The molecule has 0 spiro atoms. The fraction of sp³-hybridized carbons (Fsp3) is 0.556. The lowest BCUT2D eigenvalue weighted by molar-refractivity contribution is -0.384. The van der Waals surface area contributed by atoms with Gasteiger partial charge in [-0.3, -0.25) is 10.1 Å². The molecule has 1 fully saturated rings. The summed E-state index contributed by atoms with van der Waals surface area (Å²) in [5, 5.41) is 13.4. The maximum absolute atomic E-state index is 11.5. The van der Waals surface area contributed by atoms with Crippen molar-refractivity contribution >= 4 is 32.9 Å². The highest BCUT2D eigenvalue weighted by Crippen LogP contribution is 2.29. The van der Waals surface area contributed by atoms with E-state index in [2.05, 4.69) is 15.3 Å². The van der Waals surface area contributed by atoms with Crippen molar-refractivity contribution in [1.29, 1.82) is 0 Å². The van der Waals surface area contributed by atoms with E-state index in [1.165, 1.54) is 0 Å². The third kappa shape index (κ3) is 3.29. The van der Waals surface area contributed by atoms with Gasteiger partial charge in [0, 0.05) is 6.04 Å². The molecule has 1 N–H and O–H groups in total. The van der Waals surface area contributed by atoms with Gasteiger partial charge in [-0.15, -0.1) is 0 Å². The highest BCUT2D eigenvalue weighted by Gasteiger charge is 2.28. The maximum atomic E-state index is 11.5. The summed E-state index contributed by atoms with van der Waals surface area (Å²) in [4.78, 5) is 17.5. The molecule has 0 saturated carbocycles. The highest BCUT2D eigenvalue weighted by molar-refractivity contribution is 7.91. The van der Waals surface area contributed by atoms with Crippen LogP contribution in [0.1, 0.15) is 12.8 Å². The number of sulfone groups is 1. The number of hydrogen-bond acceptors (Lipinski definition) is 7. The van der Waals surface area contributed by atoms with Gasteiger partial charge in [0.05, 0.1) is 16.4 Å². The zero-order valence-electron chi connectivity index (χ0n) is 9.74. The van der Waals surface area contributed by atoms with Crippen LogP contribution in [0.4, 0.5) is 11.5 Å². The van der Waals surface area contributed by atoms with Crippen LogP contribution >= 0.6 is 11.6 Å². The zero-order chi connectivity index (χ0) is 14.0. The monoisotopic (exact) mass is 306 g/mol. The molecule has 0 aromatic carbocycles. The van der Waals surface area contributed by atoms with Gasteiger partial charge in [0.25, 0.3) is 0 Å². The second-order valence-electron chi connectivity index (χ2n) is 4.22. The Balaban J connectivity index is 2.24. The molecule has 10 heteroatoms. The molecule has 1 unspecified atom stereocenters. The van der Waals surface area contributed by atoms with E-state index >= 15 is 0 Å². The lowest BCUT2D eigenvalue weighted by Gasteiger charge is -2.23. The van der Waals surface area contributed by atoms with Gasteiger partial charge in [0.2, 0.25) is 11.0 Å². The Morgan fingerprint density at radius 2 is 2.21 bits per heavy atom. The maximum Gasteiger partial charge on any atom is 0.348 e. The average molecular weight is 307 g/mol. The van der Waals surface area contributed by atoms with E-state index in [-0.39, 0.29) is 22.5 Å². The molecule has 1 aliphatic heterocycles. The molecule has 2 rings (SSSR count). The molecule has 104 valence electrons. The fourth-order valence-electron chi connectivity index (χ4n) is 1.95. The molecule has 19 heavy (non-hydrogen) atoms. The van der Waals surface area contributed by atoms with Gasteiger partial charge in [-0.2, -0.15) is 0 Å². The number of nitrogens with one attached hydrogen (secondary N) is 1. The Labute approximate surface area is 114 Å². The molecular weight excluding hydrogens is 296 g/mol. The van der Waals surface area contributed by atoms with Crippen molar-refractivity contribution in [2.75, 3.05) is 16.8 Å². The summed E-state index contributed by atoms with van der Waals surface area (Å²) in [5.41, 5.74) is -0.438. The molecule has 0 amide bonds. The van der Waals surface area contributed by atoms with Crippen LogP contribution in [0.2, 0.25) is 5.15 Å². The Kier molecular flexibility index (Phi) is 3.85. The summed E-state index contributed by atoms with van der Waals surface area (Å²) in [6.07, 6.45) is 2.22. The standard InChI is InChI=1S/C9H11ClN4O4S/c10-8-7(14(15)16)9(12-5-11-8)13-6-2-1-3-19(17,18)4-6/h5-6H,1-4H2,(H,11,12,13). The summed E-state index contributed by atoms with van der Waals surface area (Å²) in [6.45, 7) is 0. The first kappa shape index (κ1) is 13.9. The van der Waals surface area contributed by atoms with Crippen LogP contribution in [0, 0.1) is 10.1 Å². The van der Waals surface area contributed by atoms with Gasteiger partial charge in [-0.25, -0.2) is 18.4 Å². The summed E-state index contributed by atoms with van der Waals surface area (Å²) in [6, 6.07) is -0.400. The van der Waals surface area contributed by atoms with Gasteiger partial charge >= 0.3 is 5.69 Å². The van der Waals surface area contributed by atoms with E-state index in [4.69, 9.17) is 11.6 Å². The summed E-state index contributed by atoms with van der Waals surface area (Å²) >= 11 is 5.65. The first-order chi connectivity index (χ1) is 8.89. The van der Waals surface area contributed by atoms with Crippen LogP contribution in [-0.2, 0) is 9.84 Å². The van der Waals surface area contributed by atoms with Crippen molar-refractivity contribution < 1.29 is 13.3 Å². The Hall–Kier alpha value is -1.48. The number of hydrogen-bond donors (Lipinski definition) is 1. The van der Waals surface area contributed by atoms with Crippen molar-refractivity contribution in [3.63, 3.8) is 0 Å². The molecule has 8 nitrogen and oxygen atoms in total. The van der Waals surface area contributed by atoms with Crippen molar-refractivity contribution in [2.45, 2.75) is 18.9 Å². The summed E-state index contributed by atoms with van der Waals surface area (Å²) in [5.74, 6) is 0.0379. The van der Waals surface area contributed by atoms with Gasteiger partial charge in [0.1, 0.15) is 6.33 Å². The van der Waals surface area contributed by atoms with Crippen LogP contribution in [0.3, 0.4) is 0 Å². The number of nitrogens with zero attached hydrogens (tertiary/aromatic N) is 3. The van der Waals surface area contributed by atoms with E-state index in [9.17, 15) is 18.5 Å². The van der Waals surface area contributed by atoms with E-state index in [0.717, 1.165) is 6.33 Å². The van der Waals surface area contributed by atoms with Crippen molar-refractivity contribution in [3.05, 3.63) is 21.6 Å². The van der Waals surface area contributed by atoms with E-state index < -0.39 is 26.5 Å². The van der Waals surface area contributed by atoms with Crippen LogP contribution in [0.25, 0.3) is 0 Å². The third-order valence-electron chi connectivity index (χ3n) is 2.76. The van der Waals surface area contributed by atoms with E-state index in [1.807, 2.05) is 0 Å². The predicted octanol–water partition coefficient (Wildman–Crippen LogP) is 1.03. The Morgan fingerprint density at radius 1 is 1.47 bits per heavy atom. The first-order valence-corrected chi connectivity index (χ1v) is 7.71. The number of halogens is 1. The van der Waals surface area contributed by atoms with E-state index in [0.29, 0.717) is 12.8 Å². The Morgan fingerprint density at radius 3 is 2.84 bits per heavy atom. The quantitative estimate of drug-likeness (QED) is 0.503. The molecule has 0 aliphatic carbocycles. The molecule has 0 radical (unpaired) electrons. The smallest absolute Gasteiger partial charge is 0.348 e. The van der Waals surface area contributed by atoms with Crippen LogP contribution < -0.4 is 5.32 Å². The molecule has 0 bridgehead atoms. The van der Waals surface area contributed by atoms with E-state index in [1.54, 1.807) is 0 Å². The molecule has 1 aromatic rings. The van der Waals surface area contributed by atoms with Gasteiger partial charge in [-0.05, 0) is 12.8 Å². The largest absolute Gasteiger partial charge is 0.360 e. The first-order valence-electron chi connectivity index (χ1n) is 5.51. The zero-order valence-corrected chi connectivity index (χ0v) is 11.3. The highest BCUT2D eigenvalue weighted by atomic mass is 35.5. The minimum atomic E-state index is -3.10. The summed E-state index contributed by atoms with van der Waals surface area (Å²) in [7, 11) is -3.10. The minimum Gasteiger partial charge on any atom is -0.360 e. The minimum absolute atomic E-state index is 0.0490. The van der Waals surface area contributed by atoms with Gasteiger partial charge in [0.15, 0.2) is 9.84 Å². The SMILES string of the molecule is O=[N+]([O-])c1c(Cl)ncnc1NC1CCCS(=O)(=O)C1. The fourth-order valence-corrected chi connectivity index (χ4v) is 3.79. The molecule has 1 aromatic heterocycles. The normalized spacial score (nSPS) is 21.8. The van der Waals surface area contributed by atoms with Gasteiger partial charge < -0.3 is 5.32 Å². The second-order valence-corrected chi connectivity index (χ2v) is 6.80. The number of aromatic nitrogens is 2. The van der Waals surface area contributed by atoms with Crippen molar-refractivity contribution in [1.82, 2.24) is 9.97 Å². The number of nitro groups is 1. The molecule has 2 heterocycles. The van der Waals surface area contributed by atoms with Crippen LogP contribution in [-0.4, -0.2) is 40.9 Å². The topological polar surface area (TPSA) is 115 Å². The number of rotatable bonds is 3. The van der Waals surface area contributed by atoms with Gasteiger partial charge in [-0.1, -0.05) is 11.6 Å². The lowest BCUT2D eigenvalue weighted by Crippen LogP contribution is -2.35. The summed E-state index contributed by atoms with van der Waals surface area (Å²) < 4.78 is 23.0. The number of anilines is 1. The van der Waals surface area contributed by atoms with Crippen molar-refractivity contribution in [3.8, 4) is 0 Å². The predicted molar refractivity (Wildman–Crippen MR) is 69.0 cm³/mol. The third-order valence-corrected chi connectivity index (χ3v) is 4.86.